The molecule has 0 fully saturated rings. The highest BCUT2D eigenvalue weighted by Gasteiger charge is 2.14. The topological polar surface area (TPSA) is 81.2 Å². The Bertz CT molecular complexity index is 757. The van der Waals surface area contributed by atoms with Gasteiger partial charge in [-0.1, -0.05) is 12.1 Å². The van der Waals surface area contributed by atoms with Gasteiger partial charge >= 0.3 is 5.97 Å². The van der Waals surface area contributed by atoms with Crippen LogP contribution in [-0.2, 0) is 11.3 Å². The van der Waals surface area contributed by atoms with Crippen molar-refractivity contribution < 1.29 is 14.3 Å². The van der Waals surface area contributed by atoms with E-state index in [0.717, 1.165) is 17.1 Å². The van der Waals surface area contributed by atoms with Gasteiger partial charge in [-0.3, -0.25) is 19.6 Å². The first-order valence-electron chi connectivity index (χ1n) is 7.25. The van der Waals surface area contributed by atoms with E-state index >= 15 is 0 Å². The summed E-state index contributed by atoms with van der Waals surface area (Å²) in [6.45, 7) is 7.18. The van der Waals surface area contributed by atoms with Crippen LogP contribution in [0.1, 0.15) is 40.1 Å². The van der Waals surface area contributed by atoms with E-state index in [1.54, 1.807) is 24.3 Å². The highest BCUT2D eigenvalue weighted by Crippen LogP contribution is 2.18. The molecule has 0 aliphatic carbocycles. The molecule has 0 spiro atoms. The van der Waals surface area contributed by atoms with Crippen LogP contribution in [0.15, 0.2) is 24.3 Å². The number of nitrogens with zero attached hydrogens (tertiary/aromatic N) is 2. The summed E-state index contributed by atoms with van der Waals surface area (Å²) in [5.74, 6) is -0.567. The maximum absolute atomic E-state index is 12.3. The summed E-state index contributed by atoms with van der Waals surface area (Å²) in [7, 11) is 0. The van der Waals surface area contributed by atoms with Gasteiger partial charge in [-0.2, -0.15) is 0 Å². The van der Waals surface area contributed by atoms with Crippen molar-refractivity contribution >= 4 is 11.9 Å². The lowest BCUT2D eigenvalue weighted by atomic mass is 10.2. The molecule has 0 aliphatic rings. The van der Waals surface area contributed by atoms with Crippen molar-refractivity contribution in [2.45, 2.75) is 34.2 Å². The molecule has 2 rings (SSSR count). The zero-order valence-electron chi connectivity index (χ0n) is 13.6. The van der Waals surface area contributed by atoms with Crippen LogP contribution >= 0.6 is 0 Å². The van der Waals surface area contributed by atoms with E-state index in [9.17, 15) is 9.59 Å². The van der Waals surface area contributed by atoms with Crippen LogP contribution in [0.4, 0.5) is 0 Å². The van der Waals surface area contributed by atoms with Gasteiger partial charge < -0.3 is 10.1 Å². The van der Waals surface area contributed by atoms with E-state index in [0.29, 0.717) is 11.3 Å². The van der Waals surface area contributed by atoms with Crippen molar-refractivity contribution in [2.24, 2.45) is 0 Å². The molecule has 0 saturated carbocycles. The molecule has 1 N–H and O–H groups in total. The average molecular weight is 313 g/mol. The lowest BCUT2D eigenvalue weighted by molar-refractivity contribution is -0.131. The number of nitrogens with one attached hydrogen (secondary N) is 1. The summed E-state index contributed by atoms with van der Waals surface area (Å²) in [5, 5.41) is 2.78. The van der Waals surface area contributed by atoms with Crippen LogP contribution in [0.3, 0.4) is 0 Å². The molecule has 1 aromatic carbocycles. The molecular weight excluding hydrogens is 294 g/mol. The number of benzene rings is 1. The summed E-state index contributed by atoms with van der Waals surface area (Å²) >= 11 is 0. The number of ether oxygens (including phenoxy) is 1. The molecule has 0 bridgehead atoms. The Balaban J connectivity index is 2.14. The number of para-hydroxylation sites is 1. The first kappa shape index (κ1) is 16.6. The fourth-order valence-electron chi connectivity index (χ4n) is 2.09. The largest absolute Gasteiger partial charge is 0.426 e. The Morgan fingerprint density at radius 1 is 1.04 bits per heavy atom. The van der Waals surface area contributed by atoms with Gasteiger partial charge in [-0.15, -0.1) is 0 Å². The first-order valence-corrected chi connectivity index (χ1v) is 7.25. The van der Waals surface area contributed by atoms with Crippen LogP contribution in [0.5, 0.6) is 5.75 Å². The number of rotatable bonds is 4. The number of esters is 1. The second-order valence-corrected chi connectivity index (χ2v) is 5.20. The second-order valence-electron chi connectivity index (χ2n) is 5.20. The summed E-state index contributed by atoms with van der Waals surface area (Å²) in [6.07, 6.45) is 0. The third-order valence-corrected chi connectivity index (χ3v) is 3.38. The highest BCUT2D eigenvalue weighted by molar-refractivity contribution is 5.97. The van der Waals surface area contributed by atoms with Crippen molar-refractivity contribution in [1.29, 1.82) is 0 Å². The van der Waals surface area contributed by atoms with Crippen LogP contribution < -0.4 is 10.1 Å². The minimum Gasteiger partial charge on any atom is -0.426 e. The van der Waals surface area contributed by atoms with Gasteiger partial charge in [-0.05, 0) is 32.9 Å². The Kier molecular flexibility index (Phi) is 5.05. The summed E-state index contributed by atoms with van der Waals surface area (Å²) in [4.78, 5) is 32.3. The van der Waals surface area contributed by atoms with Gasteiger partial charge in [0.2, 0.25) is 0 Å². The number of aryl methyl sites for hydroxylation is 3. The van der Waals surface area contributed by atoms with Crippen LogP contribution in [0, 0.1) is 20.8 Å². The fraction of sp³-hybridized carbons (Fsp3) is 0.294. The molecule has 0 atom stereocenters. The van der Waals surface area contributed by atoms with Gasteiger partial charge in [0, 0.05) is 6.92 Å². The van der Waals surface area contributed by atoms with Crippen molar-refractivity contribution in [3.63, 3.8) is 0 Å². The quantitative estimate of drug-likeness (QED) is 0.691. The second kappa shape index (κ2) is 7.00. The molecule has 6 nitrogen and oxygen atoms in total. The van der Waals surface area contributed by atoms with Crippen molar-refractivity contribution in [1.82, 2.24) is 15.3 Å². The SMILES string of the molecule is CC(=O)Oc1ccccc1C(=O)NCc1nc(C)c(C)nc1C. The lowest BCUT2D eigenvalue weighted by Crippen LogP contribution is -2.25. The Hall–Kier alpha value is -2.76. The molecule has 2 aromatic rings. The number of hydrogen-bond acceptors (Lipinski definition) is 5. The molecule has 0 aliphatic heterocycles. The van der Waals surface area contributed by atoms with Crippen molar-refractivity contribution in [2.75, 3.05) is 0 Å². The molecule has 0 unspecified atom stereocenters. The zero-order valence-corrected chi connectivity index (χ0v) is 13.6. The summed E-state index contributed by atoms with van der Waals surface area (Å²) in [5.41, 5.74) is 3.50. The fourth-order valence-corrected chi connectivity index (χ4v) is 2.09. The van der Waals surface area contributed by atoms with Gasteiger partial charge in [0.15, 0.2) is 0 Å². The molecule has 23 heavy (non-hydrogen) atoms. The predicted molar refractivity (Wildman–Crippen MR) is 85.2 cm³/mol. The molecule has 0 saturated heterocycles. The molecule has 1 heterocycles. The number of aromatic nitrogens is 2. The minimum atomic E-state index is -0.471. The Morgan fingerprint density at radius 3 is 2.39 bits per heavy atom. The van der Waals surface area contributed by atoms with Crippen molar-refractivity contribution in [3.8, 4) is 5.75 Å². The van der Waals surface area contributed by atoms with Crippen LogP contribution in [-0.4, -0.2) is 21.8 Å². The maximum atomic E-state index is 12.3. The first-order chi connectivity index (χ1) is 10.9. The van der Waals surface area contributed by atoms with E-state index in [1.165, 1.54) is 6.92 Å². The Morgan fingerprint density at radius 2 is 1.70 bits per heavy atom. The molecule has 120 valence electrons. The van der Waals surface area contributed by atoms with Gasteiger partial charge in [0.05, 0.1) is 34.9 Å². The predicted octanol–water partition coefficient (Wildman–Crippen LogP) is 2.26. The lowest BCUT2D eigenvalue weighted by Gasteiger charge is -2.11. The van der Waals surface area contributed by atoms with Crippen LogP contribution in [0.2, 0.25) is 0 Å². The molecule has 0 radical (unpaired) electrons. The van der Waals surface area contributed by atoms with Crippen molar-refractivity contribution in [3.05, 3.63) is 52.6 Å². The average Bonchev–Trinajstić information content (AvgIpc) is 2.49. The number of carbonyl (C=O) groups excluding carboxylic acids is 2. The number of amides is 1. The third kappa shape index (κ3) is 4.12. The van der Waals surface area contributed by atoms with Crippen LogP contribution in [0.25, 0.3) is 0 Å². The van der Waals surface area contributed by atoms with E-state index in [1.807, 2.05) is 20.8 Å². The maximum Gasteiger partial charge on any atom is 0.308 e. The van der Waals surface area contributed by atoms with Gasteiger partial charge in [-0.25, -0.2) is 0 Å². The molecular formula is C17H19N3O3. The van der Waals surface area contributed by atoms with Gasteiger partial charge in [0.25, 0.3) is 5.91 Å². The van der Waals surface area contributed by atoms with E-state index in [4.69, 9.17) is 4.74 Å². The van der Waals surface area contributed by atoms with E-state index < -0.39 is 5.97 Å². The molecule has 6 heteroatoms. The zero-order chi connectivity index (χ0) is 17.0. The smallest absolute Gasteiger partial charge is 0.308 e. The molecule has 1 aromatic heterocycles. The number of hydrogen-bond donors (Lipinski definition) is 1. The van der Waals surface area contributed by atoms with E-state index in [-0.39, 0.29) is 18.2 Å². The summed E-state index contributed by atoms with van der Waals surface area (Å²) < 4.78 is 5.05. The van der Waals surface area contributed by atoms with E-state index in [2.05, 4.69) is 15.3 Å². The van der Waals surface area contributed by atoms with Gasteiger partial charge in [0.1, 0.15) is 5.75 Å². The normalized spacial score (nSPS) is 10.3. The Labute approximate surface area is 134 Å². The number of carbonyl (C=O) groups is 2. The highest BCUT2D eigenvalue weighted by atomic mass is 16.5. The third-order valence-electron chi connectivity index (χ3n) is 3.38. The monoisotopic (exact) mass is 313 g/mol. The minimum absolute atomic E-state index is 0.236. The standard InChI is InChI=1S/C17H19N3O3/c1-10-11(2)20-15(12(3)19-10)9-18-17(22)14-7-5-6-8-16(14)23-13(4)21/h5-8H,9H2,1-4H3,(H,18,22). The summed E-state index contributed by atoms with van der Waals surface area (Å²) in [6, 6.07) is 6.60. The molecule has 1 amide bonds.